The third-order valence-electron chi connectivity index (χ3n) is 2.53. The summed E-state index contributed by atoms with van der Waals surface area (Å²) < 4.78 is 4.84. The van der Waals surface area contributed by atoms with Crippen LogP contribution in [0.2, 0.25) is 0 Å². The number of nitrogen functional groups attached to an aromatic ring is 1. The van der Waals surface area contributed by atoms with E-state index in [9.17, 15) is 4.79 Å². The normalized spacial score (nSPS) is 10.3. The topological polar surface area (TPSA) is 76.4 Å². The molecule has 0 fully saturated rings. The van der Waals surface area contributed by atoms with Gasteiger partial charge in [0.15, 0.2) is 0 Å². The zero-order chi connectivity index (χ0) is 13.2. The minimum atomic E-state index is 0.0283. The molecule has 0 heterocycles. The Morgan fingerprint density at radius 1 is 1.33 bits per heavy atom. The van der Waals surface area contributed by atoms with Crippen molar-refractivity contribution in [3.63, 3.8) is 0 Å². The monoisotopic (exact) mass is 251 g/mol. The van der Waals surface area contributed by atoms with Crippen molar-refractivity contribution < 1.29 is 9.53 Å². The molecule has 5 nitrogen and oxygen atoms in total. The van der Waals surface area contributed by atoms with Gasteiger partial charge in [-0.2, -0.15) is 0 Å². The van der Waals surface area contributed by atoms with E-state index >= 15 is 0 Å². The first-order chi connectivity index (χ1) is 8.74. The van der Waals surface area contributed by atoms with Gasteiger partial charge >= 0.3 is 0 Å². The van der Waals surface area contributed by atoms with E-state index in [4.69, 9.17) is 10.5 Å². The summed E-state index contributed by atoms with van der Waals surface area (Å²) in [5, 5.41) is 5.96. The van der Waals surface area contributed by atoms with Crippen LogP contribution in [-0.2, 0) is 16.1 Å². The molecule has 4 N–H and O–H groups in total. The van der Waals surface area contributed by atoms with Crippen molar-refractivity contribution in [2.24, 2.45) is 0 Å². The lowest BCUT2D eigenvalue weighted by Crippen LogP contribution is -2.30. The number of methoxy groups -OCH3 is 1. The number of amides is 1. The highest BCUT2D eigenvalue weighted by Crippen LogP contribution is 2.09. The highest BCUT2D eigenvalue weighted by Gasteiger charge is 2.01. The predicted molar refractivity (Wildman–Crippen MR) is 72.1 cm³/mol. The van der Waals surface area contributed by atoms with E-state index in [1.807, 2.05) is 24.3 Å². The maximum absolute atomic E-state index is 11.4. The number of carbonyl (C=O) groups is 1. The quantitative estimate of drug-likeness (QED) is 0.465. The van der Waals surface area contributed by atoms with Gasteiger partial charge in [0, 0.05) is 38.9 Å². The van der Waals surface area contributed by atoms with Gasteiger partial charge in [-0.25, -0.2) is 0 Å². The predicted octanol–water partition coefficient (Wildman–Crippen LogP) is 0.511. The number of nitrogens with two attached hydrogens (primary N) is 1. The second-order valence-electron chi connectivity index (χ2n) is 3.97. The van der Waals surface area contributed by atoms with Crippen LogP contribution in [0.1, 0.15) is 12.0 Å². The van der Waals surface area contributed by atoms with Crippen LogP contribution in [-0.4, -0.2) is 32.7 Å². The van der Waals surface area contributed by atoms with E-state index in [1.165, 1.54) is 0 Å². The molecule has 18 heavy (non-hydrogen) atoms. The Labute approximate surface area is 108 Å². The molecule has 0 atom stereocenters. The number of anilines is 1. The van der Waals surface area contributed by atoms with Crippen LogP contribution >= 0.6 is 0 Å². The zero-order valence-electron chi connectivity index (χ0n) is 10.7. The second kappa shape index (κ2) is 8.49. The molecular weight excluding hydrogens is 230 g/mol. The zero-order valence-corrected chi connectivity index (χ0v) is 10.7. The highest BCUT2D eigenvalue weighted by atomic mass is 16.5. The molecule has 0 aliphatic rings. The minimum absolute atomic E-state index is 0.0283. The number of benzene rings is 1. The fourth-order valence-electron chi connectivity index (χ4n) is 1.50. The van der Waals surface area contributed by atoms with Crippen LogP contribution < -0.4 is 16.4 Å². The SMILES string of the molecule is COCCNC(=O)CCNCc1ccccc1N. The molecule has 1 amide bonds. The molecule has 5 heteroatoms. The fraction of sp³-hybridized carbons (Fsp3) is 0.462. The van der Waals surface area contributed by atoms with Gasteiger partial charge in [-0.15, -0.1) is 0 Å². The number of hydrogen-bond acceptors (Lipinski definition) is 4. The molecule has 0 unspecified atom stereocenters. The van der Waals surface area contributed by atoms with Crippen molar-refractivity contribution in [3.8, 4) is 0 Å². The Morgan fingerprint density at radius 2 is 2.11 bits per heavy atom. The second-order valence-corrected chi connectivity index (χ2v) is 3.97. The van der Waals surface area contributed by atoms with Gasteiger partial charge in [-0.1, -0.05) is 18.2 Å². The fourth-order valence-corrected chi connectivity index (χ4v) is 1.50. The van der Waals surface area contributed by atoms with Crippen molar-refractivity contribution >= 4 is 11.6 Å². The van der Waals surface area contributed by atoms with Gasteiger partial charge in [-0.05, 0) is 11.6 Å². The Kier molecular flexibility index (Phi) is 6.83. The third kappa shape index (κ3) is 5.65. The van der Waals surface area contributed by atoms with Crippen LogP contribution in [0.25, 0.3) is 0 Å². The summed E-state index contributed by atoms with van der Waals surface area (Å²) >= 11 is 0. The summed E-state index contributed by atoms with van der Waals surface area (Å²) in [6.45, 7) is 2.41. The van der Waals surface area contributed by atoms with Gasteiger partial charge in [0.2, 0.25) is 5.91 Å². The van der Waals surface area contributed by atoms with E-state index in [0.29, 0.717) is 32.7 Å². The van der Waals surface area contributed by atoms with E-state index in [2.05, 4.69) is 10.6 Å². The first-order valence-electron chi connectivity index (χ1n) is 6.03. The molecule has 0 aromatic heterocycles. The molecular formula is C13H21N3O2. The Hall–Kier alpha value is -1.59. The third-order valence-corrected chi connectivity index (χ3v) is 2.53. The number of para-hydroxylation sites is 1. The molecule has 0 aliphatic heterocycles. The van der Waals surface area contributed by atoms with Gasteiger partial charge in [0.25, 0.3) is 0 Å². The Balaban J connectivity index is 2.12. The van der Waals surface area contributed by atoms with E-state index in [0.717, 1.165) is 11.3 Å². The molecule has 100 valence electrons. The summed E-state index contributed by atoms with van der Waals surface area (Å²) in [4.78, 5) is 11.4. The largest absolute Gasteiger partial charge is 0.398 e. The van der Waals surface area contributed by atoms with Gasteiger partial charge in [0.1, 0.15) is 0 Å². The van der Waals surface area contributed by atoms with Crippen molar-refractivity contribution in [2.75, 3.05) is 32.5 Å². The molecule has 0 saturated carbocycles. The first kappa shape index (κ1) is 14.5. The molecule has 1 aromatic rings. The van der Waals surface area contributed by atoms with Crippen molar-refractivity contribution in [1.82, 2.24) is 10.6 Å². The number of nitrogens with one attached hydrogen (secondary N) is 2. The summed E-state index contributed by atoms with van der Waals surface area (Å²) in [6, 6.07) is 7.70. The van der Waals surface area contributed by atoms with Crippen molar-refractivity contribution in [1.29, 1.82) is 0 Å². The number of carbonyl (C=O) groups excluding carboxylic acids is 1. The molecule has 0 radical (unpaired) electrons. The van der Waals surface area contributed by atoms with Gasteiger partial charge in [-0.3, -0.25) is 4.79 Å². The van der Waals surface area contributed by atoms with Crippen molar-refractivity contribution in [3.05, 3.63) is 29.8 Å². The minimum Gasteiger partial charge on any atom is -0.398 e. The van der Waals surface area contributed by atoms with Crippen LogP contribution in [0.3, 0.4) is 0 Å². The number of ether oxygens (including phenoxy) is 1. The summed E-state index contributed by atoms with van der Waals surface area (Å²) in [5.41, 5.74) is 7.64. The molecule has 0 spiro atoms. The Bertz CT molecular complexity index is 369. The van der Waals surface area contributed by atoms with E-state index < -0.39 is 0 Å². The molecule has 0 aliphatic carbocycles. The van der Waals surface area contributed by atoms with Crippen LogP contribution in [0, 0.1) is 0 Å². The first-order valence-corrected chi connectivity index (χ1v) is 6.03. The molecule has 1 aromatic carbocycles. The van der Waals surface area contributed by atoms with Crippen LogP contribution in [0.5, 0.6) is 0 Å². The lowest BCUT2D eigenvalue weighted by Gasteiger charge is -2.07. The highest BCUT2D eigenvalue weighted by molar-refractivity contribution is 5.76. The van der Waals surface area contributed by atoms with Crippen LogP contribution in [0.4, 0.5) is 5.69 Å². The van der Waals surface area contributed by atoms with Gasteiger partial charge in [0.05, 0.1) is 6.61 Å². The summed E-state index contributed by atoms with van der Waals surface area (Å²) in [7, 11) is 1.61. The lowest BCUT2D eigenvalue weighted by molar-refractivity contribution is -0.121. The maximum Gasteiger partial charge on any atom is 0.221 e. The number of hydrogen-bond donors (Lipinski definition) is 3. The van der Waals surface area contributed by atoms with Crippen molar-refractivity contribution in [2.45, 2.75) is 13.0 Å². The summed E-state index contributed by atoms with van der Waals surface area (Å²) in [6.07, 6.45) is 0.455. The average Bonchev–Trinajstić information content (AvgIpc) is 2.37. The smallest absolute Gasteiger partial charge is 0.221 e. The van der Waals surface area contributed by atoms with Gasteiger partial charge < -0.3 is 21.1 Å². The molecule has 0 bridgehead atoms. The van der Waals surface area contributed by atoms with Crippen LogP contribution in [0.15, 0.2) is 24.3 Å². The van der Waals surface area contributed by atoms with E-state index in [-0.39, 0.29) is 5.91 Å². The van der Waals surface area contributed by atoms with E-state index in [1.54, 1.807) is 7.11 Å². The maximum atomic E-state index is 11.4. The standard InChI is InChI=1S/C13H21N3O2/c1-18-9-8-16-13(17)6-7-15-10-11-4-2-3-5-12(11)14/h2-5,15H,6-10,14H2,1H3,(H,16,17). The Morgan fingerprint density at radius 3 is 2.83 bits per heavy atom. The number of rotatable bonds is 8. The lowest BCUT2D eigenvalue weighted by atomic mass is 10.2. The molecule has 1 rings (SSSR count). The summed E-state index contributed by atoms with van der Waals surface area (Å²) in [5.74, 6) is 0.0283. The molecule has 0 saturated heterocycles. The average molecular weight is 251 g/mol.